The number of rotatable bonds is 6. The highest BCUT2D eigenvalue weighted by Crippen LogP contribution is 2.23. The maximum atomic E-state index is 12.6. The largest absolute Gasteiger partial charge is 0.478 e. The number of hydrogen-bond acceptors (Lipinski definition) is 3. The summed E-state index contributed by atoms with van der Waals surface area (Å²) in [6.07, 6.45) is 0. The summed E-state index contributed by atoms with van der Waals surface area (Å²) in [6, 6.07) is 28.1. The third-order valence-electron chi connectivity index (χ3n) is 5.12. The maximum Gasteiger partial charge on any atom is 0.337 e. The van der Waals surface area contributed by atoms with Gasteiger partial charge in [0.05, 0.1) is 11.3 Å². The number of anilines is 2. The molecule has 7 heteroatoms. The molecule has 4 aromatic rings. The molecule has 0 heterocycles. The molecule has 0 aromatic heterocycles. The number of nitrogens with one attached hydrogen (secondary N) is 2. The van der Waals surface area contributed by atoms with Crippen LogP contribution in [0, 0.1) is 0 Å². The monoisotopic (exact) mass is 514 g/mol. The molecule has 0 saturated carbocycles. The van der Waals surface area contributed by atoms with Crippen LogP contribution in [0.5, 0.6) is 0 Å². The second-order valence-electron chi connectivity index (χ2n) is 7.42. The van der Waals surface area contributed by atoms with Gasteiger partial charge >= 0.3 is 5.97 Å². The molecular formula is C27H19BrN2O4. The molecule has 4 aromatic carbocycles. The van der Waals surface area contributed by atoms with Gasteiger partial charge in [0.1, 0.15) is 0 Å². The lowest BCUT2D eigenvalue weighted by Crippen LogP contribution is -2.15. The van der Waals surface area contributed by atoms with Crippen LogP contribution < -0.4 is 10.6 Å². The molecule has 0 spiro atoms. The number of amides is 2. The van der Waals surface area contributed by atoms with Crippen LogP contribution in [0.25, 0.3) is 11.1 Å². The molecule has 0 bridgehead atoms. The minimum absolute atomic E-state index is 0.0232. The molecule has 0 atom stereocenters. The lowest BCUT2D eigenvalue weighted by atomic mass is 10.0. The molecule has 0 unspecified atom stereocenters. The van der Waals surface area contributed by atoms with Crippen molar-refractivity contribution in [2.75, 3.05) is 10.6 Å². The van der Waals surface area contributed by atoms with Crippen molar-refractivity contribution in [3.63, 3.8) is 0 Å². The Morgan fingerprint density at radius 3 is 1.82 bits per heavy atom. The Morgan fingerprint density at radius 2 is 1.21 bits per heavy atom. The van der Waals surface area contributed by atoms with Crippen LogP contribution in [0.3, 0.4) is 0 Å². The molecule has 0 aliphatic rings. The molecule has 0 aliphatic carbocycles. The van der Waals surface area contributed by atoms with E-state index in [2.05, 4.69) is 26.6 Å². The number of carbonyl (C=O) groups is 3. The molecule has 0 aliphatic heterocycles. The van der Waals surface area contributed by atoms with Crippen molar-refractivity contribution in [1.82, 2.24) is 0 Å². The third kappa shape index (κ3) is 5.39. The molecule has 0 fully saturated rings. The summed E-state index contributed by atoms with van der Waals surface area (Å²) in [6.45, 7) is 0. The maximum absolute atomic E-state index is 12.6. The lowest BCUT2D eigenvalue weighted by Gasteiger charge is -2.10. The van der Waals surface area contributed by atoms with E-state index in [1.54, 1.807) is 42.5 Å². The summed E-state index contributed by atoms with van der Waals surface area (Å²) in [5.41, 5.74) is 3.62. The standard InChI is InChI=1S/C27H19BrN2O4/c28-21-12-15-24(23(16-21)27(33)34)30-26(32)20-10-13-22(14-11-20)29-25(31)19-8-6-18(7-9-19)17-4-2-1-3-5-17/h1-16H,(H,29,31)(H,30,32)(H,33,34). The van der Waals surface area contributed by atoms with Crippen LogP contribution in [-0.4, -0.2) is 22.9 Å². The smallest absolute Gasteiger partial charge is 0.337 e. The SMILES string of the molecule is O=C(Nc1ccc(C(=O)Nc2ccc(Br)cc2C(=O)O)cc1)c1ccc(-c2ccccc2)cc1. The van der Waals surface area contributed by atoms with Crippen LogP contribution in [0.4, 0.5) is 11.4 Å². The number of carboxylic acid groups (broad SMARTS) is 1. The first-order valence-corrected chi connectivity index (χ1v) is 11.1. The van der Waals surface area contributed by atoms with Gasteiger partial charge in [-0.15, -0.1) is 0 Å². The molecule has 0 radical (unpaired) electrons. The molecule has 168 valence electrons. The van der Waals surface area contributed by atoms with Gasteiger partial charge in [-0.2, -0.15) is 0 Å². The van der Waals surface area contributed by atoms with Gasteiger partial charge in [0.25, 0.3) is 11.8 Å². The number of aromatic carboxylic acids is 1. The molecule has 0 saturated heterocycles. The lowest BCUT2D eigenvalue weighted by molar-refractivity contribution is 0.0697. The Balaban J connectivity index is 1.41. The Kier molecular flexibility index (Phi) is 6.85. The third-order valence-corrected chi connectivity index (χ3v) is 5.61. The minimum Gasteiger partial charge on any atom is -0.478 e. The summed E-state index contributed by atoms with van der Waals surface area (Å²) in [5, 5.41) is 14.8. The van der Waals surface area contributed by atoms with Crippen molar-refractivity contribution in [3.8, 4) is 11.1 Å². The Hall–Kier alpha value is -4.23. The van der Waals surface area contributed by atoms with E-state index >= 15 is 0 Å². The van der Waals surface area contributed by atoms with Crippen LogP contribution >= 0.6 is 15.9 Å². The van der Waals surface area contributed by atoms with Gasteiger partial charge in [-0.3, -0.25) is 9.59 Å². The van der Waals surface area contributed by atoms with E-state index in [4.69, 9.17) is 0 Å². The molecule has 2 amide bonds. The van der Waals surface area contributed by atoms with Crippen molar-refractivity contribution in [3.05, 3.63) is 118 Å². The molecule has 4 rings (SSSR count). The Labute approximate surface area is 204 Å². The fourth-order valence-corrected chi connectivity index (χ4v) is 3.71. The predicted molar refractivity (Wildman–Crippen MR) is 135 cm³/mol. The number of benzene rings is 4. The van der Waals surface area contributed by atoms with Gasteiger partial charge < -0.3 is 15.7 Å². The molecule has 6 nitrogen and oxygen atoms in total. The number of hydrogen-bond donors (Lipinski definition) is 3. The minimum atomic E-state index is -1.15. The zero-order valence-corrected chi connectivity index (χ0v) is 19.4. The van der Waals surface area contributed by atoms with E-state index in [1.807, 2.05) is 42.5 Å². The highest BCUT2D eigenvalue weighted by Gasteiger charge is 2.14. The predicted octanol–water partition coefficient (Wildman–Crippen LogP) is 6.32. The van der Waals surface area contributed by atoms with Gasteiger partial charge in [0, 0.05) is 21.3 Å². The van der Waals surface area contributed by atoms with Crippen molar-refractivity contribution >= 4 is 45.1 Å². The average molecular weight is 515 g/mol. The summed E-state index contributed by atoms with van der Waals surface area (Å²) in [5.74, 6) is -1.87. The van der Waals surface area contributed by atoms with Gasteiger partial charge in [-0.25, -0.2) is 4.79 Å². The fraction of sp³-hybridized carbons (Fsp3) is 0. The topological polar surface area (TPSA) is 95.5 Å². The van der Waals surface area contributed by atoms with E-state index in [0.717, 1.165) is 11.1 Å². The molecule has 34 heavy (non-hydrogen) atoms. The van der Waals surface area contributed by atoms with E-state index in [0.29, 0.717) is 21.3 Å². The van der Waals surface area contributed by atoms with Crippen molar-refractivity contribution in [2.45, 2.75) is 0 Å². The fourth-order valence-electron chi connectivity index (χ4n) is 3.35. The van der Waals surface area contributed by atoms with Gasteiger partial charge in [0.15, 0.2) is 0 Å². The first-order chi connectivity index (χ1) is 16.4. The second-order valence-corrected chi connectivity index (χ2v) is 8.34. The quantitative estimate of drug-likeness (QED) is 0.280. The molecule has 3 N–H and O–H groups in total. The summed E-state index contributed by atoms with van der Waals surface area (Å²) < 4.78 is 0.595. The number of halogens is 1. The van der Waals surface area contributed by atoms with E-state index < -0.39 is 11.9 Å². The van der Waals surface area contributed by atoms with Gasteiger partial charge in [-0.1, -0.05) is 58.4 Å². The van der Waals surface area contributed by atoms with E-state index in [9.17, 15) is 19.5 Å². The summed E-state index contributed by atoms with van der Waals surface area (Å²) in [7, 11) is 0. The van der Waals surface area contributed by atoms with Crippen LogP contribution in [0.2, 0.25) is 0 Å². The highest BCUT2D eigenvalue weighted by molar-refractivity contribution is 9.10. The zero-order chi connectivity index (χ0) is 24.1. The van der Waals surface area contributed by atoms with Crippen LogP contribution in [0.1, 0.15) is 31.1 Å². The summed E-state index contributed by atoms with van der Waals surface area (Å²) in [4.78, 5) is 36.6. The van der Waals surface area contributed by atoms with Gasteiger partial charge in [-0.05, 0) is 65.7 Å². The second kappa shape index (κ2) is 10.1. The Morgan fingerprint density at radius 1 is 0.647 bits per heavy atom. The van der Waals surface area contributed by atoms with Crippen molar-refractivity contribution in [2.24, 2.45) is 0 Å². The first-order valence-electron chi connectivity index (χ1n) is 10.3. The Bertz CT molecular complexity index is 1350. The normalized spacial score (nSPS) is 10.4. The van der Waals surface area contributed by atoms with Crippen molar-refractivity contribution in [1.29, 1.82) is 0 Å². The average Bonchev–Trinajstić information content (AvgIpc) is 2.86. The van der Waals surface area contributed by atoms with Crippen molar-refractivity contribution < 1.29 is 19.5 Å². The number of carboxylic acids is 1. The van der Waals surface area contributed by atoms with E-state index in [1.165, 1.54) is 12.1 Å². The highest BCUT2D eigenvalue weighted by atomic mass is 79.9. The van der Waals surface area contributed by atoms with Crippen LogP contribution in [-0.2, 0) is 0 Å². The van der Waals surface area contributed by atoms with Gasteiger partial charge in [0.2, 0.25) is 0 Å². The zero-order valence-electron chi connectivity index (χ0n) is 17.8. The van der Waals surface area contributed by atoms with Crippen LogP contribution in [0.15, 0.2) is 102 Å². The number of carbonyl (C=O) groups excluding carboxylic acids is 2. The molecular weight excluding hydrogens is 496 g/mol. The first kappa shape index (κ1) is 22.9. The van der Waals surface area contributed by atoms with E-state index in [-0.39, 0.29) is 17.2 Å². The summed E-state index contributed by atoms with van der Waals surface area (Å²) >= 11 is 3.22.